The van der Waals surface area contributed by atoms with E-state index in [4.69, 9.17) is 0 Å². The normalized spacial score (nSPS) is 13.8. The molecule has 132 valence electrons. The van der Waals surface area contributed by atoms with Crippen LogP contribution in [-0.2, 0) is 17.8 Å². The Morgan fingerprint density at radius 3 is 2.44 bits per heavy atom. The fraction of sp³-hybridized carbons (Fsp3) is 0.316. The van der Waals surface area contributed by atoms with Crippen LogP contribution in [0.3, 0.4) is 0 Å². The Labute approximate surface area is 144 Å². The number of halogens is 3. The molecular formula is C19H18F3NO2. The van der Waals surface area contributed by atoms with Crippen LogP contribution < -0.4 is 4.74 Å². The number of rotatable bonds is 7. The summed E-state index contributed by atoms with van der Waals surface area (Å²) in [7, 11) is 0. The molecule has 0 radical (unpaired) electrons. The highest BCUT2D eigenvalue weighted by Gasteiger charge is 2.32. The summed E-state index contributed by atoms with van der Waals surface area (Å²) in [4.78, 5) is 14.4. The molecule has 0 N–H and O–H groups in total. The number of benzene rings is 2. The first kappa shape index (κ1) is 17.3. The molecule has 3 rings (SSSR count). The molecule has 0 aliphatic heterocycles. The predicted octanol–water partition coefficient (Wildman–Crippen LogP) is 4.16. The second-order valence-electron chi connectivity index (χ2n) is 6.08. The van der Waals surface area contributed by atoms with Crippen molar-refractivity contribution in [2.24, 2.45) is 0 Å². The summed E-state index contributed by atoms with van der Waals surface area (Å²) < 4.78 is 42.0. The van der Waals surface area contributed by atoms with Crippen LogP contribution in [0.15, 0.2) is 48.5 Å². The van der Waals surface area contributed by atoms with Crippen LogP contribution in [0.25, 0.3) is 0 Å². The molecule has 1 saturated carbocycles. The molecule has 1 aliphatic rings. The zero-order chi connectivity index (χ0) is 17.8. The van der Waals surface area contributed by atoms with Gasteiger partial charge in [-0.15, -0.1) is 0 Å². The van der Waals surface area contributed by atoms with Gasteiger partial charge in [0.05, 0.1) is 6.42 Å². The monoisotopic (exact) mass is 349 g/mol. The zero-order valence-corrected chi connectivity index (χ0v) is 13.5. The van der Waals surface area contributed by atoms with E-state index < -0.39 is 6.61 Å². The molecule has 0 heterocycles. The van der Waals surface area contributed by atoms with E-state index in [9.17, 15) is 18.0 Å². The molecule has 0 atom stereocenters. The van der Waals surface area contributed by atoms with Gasteiger partial charge in [0, 0.05) is 12.6 Å². The highest BCUT2D eigenvalue weighted by atomic mass is 19.3. The van der Waals surface area contributed by atoms with E-state index in [1.807, 2.05) is 0 Å². The minimum atomic E-state index is -2.87. The lowest BCUT2D eigenvalue weighted by Gasteiger charge is -2.23. The molecule has 6 heteroatoms. The van der Waals surface area contributed by atoms with E-state index in [0.717, 1.165) is 24.0 Å². The van der Waals surface area contributed by atoms with E-state index in [0.29, 0.717) is 6.54 Å². The van der Waals surface area contributed by atoms with Crippen LogP contribution in [0, 0.1) is 5.82 Å². The SMILES string of the molecule is O=C(Cc1ccc(OC(F)F)cc1)N(Cc1cccc(F)c1)C1CC1. The van der Waals surface area contributed by atoms with Gasteiger partial charge in [-0.2, -0.15) is 8.78 Å². The van der Waals surface area contributed by atoms with Gasteiger partial charge in [0.2, 0.25) is 5.91 Å². The molecule has 1 aliphatic carbocycles. The molecule has 2 aromatic carbocycles. The topological polar surface area (TPSA) is 29.5 Å². The first-order chi connectivity index (χ1) is 12.0. The fourth-order valence-corrected chi connectivity index (χ4v) is 2.70. The smallest absolute Gasteiger partial charge is 0.387 e. The highest BCUT2D eigenvalue weighted by Crippen LogP contribution is 2.29. The molecule has 0 bridgehead atoms. The molecule has 3 nitrogen and oxygen atoms in total. The van der Waals surface area contributed by atoms with Crippen molar-refractivity contribution in [2.45, 2.75) is 38.5 Å². The maximum absolute atomic E-state index is 13.3. The lowest BCUT2D eigenvalue weighted by Crippen LogP contribution is -2.33. The number of carbonyl (C=O) groups excluding carboxylic acids is 1. The van der Waals surface area contributed by atoms with Gasteiger partial charge in [0.15, 0.2) is 0 Å². The number of alkyl halides is 2. The van der Waals surface area contributed by atoms with E-state index >= 15 is 0 Å². The summed E-state index contributed by atoms with van der Waals surface area (Å²) in [5.74, 6) is -0.324. The fourth-order valence-electron chi connectivity index (χ4n) is 2.70. The summed E-state index contributed by atoms with van der Waals surface area (Å²) in [6, 6.07) is 12.5. The molecule has 1 fully saturated rings. The average molecular weight is 349 g/mol. The minimum absolute atomic E-state index is 0.0602. The zero-order valence-electron chi connectivity index (χ0n) is 13.5. The Kier molecular flexibility index (Phi) is 5.26. The van der Waals surface area contributed by atoms with E-state index in [1.165, 1.54) is 24.3 Å². The van der Waals surface area contributed by atoms with Crippen molar-refractivity contribution in [1.82, 2.24) is 4.90 Å². The Hall–Kier alpha value is -2.50. The third-order valence-corrected chi connectivity index (χ3v) is 4.05. The van der Waals surface area contributed by atoms with Gasteiger partial charge >= 0.3 is 6.61 Å². The number of amides is 1. The predicted molar refractivity (Wildman–Crippen MR) is 86.8 cm³/mol. The molecule has 1 amide bonds. The lowest BCUT2D eigenvalue weighted by atomic mass is 10.1. The van der Waals surface area contributed by atoms with Crippen molar-refractivity contribution in [3.05, 3.63) is 65.5 Å². The average Bonchev–Trinajstić information content (AvgIpc) is 3.39. The van der Waals surface area contributed by atoms with Crippen LogP contribution in [0.5, 0.6) is 5.75 Å². The first-order valence-electron chi connectivity index (χ1n) is 8.09. The van der Waals surface area contributed by atoms with Gasteiger partial charge in [0.1, 0.15) is 11.6 Å². The summed E-state index contributed by atoms with van der Waals surface area (Å²) in [6.07, 6.45) is 2.06. The number of nitrogens with zero attached hydrogens (tertiary/aromatic N) is 1. The van der Waals surface area contributed by atoms with Crippen LogP contribution in [0.1, 0.15) is 24.0 Å². The van der Waals surface area contributed by atoms with Crippen molar-refractivity contribution in [2.75, 3.05) is 0 Å². The number of ether oxygens (including phenoxy) is 1. The van der Waals surface area contributed by atoms with E-state index in [2.05, 4.69) is 4.74 Å². The largest absolute Gasteiger partial charge is 0.435 e. The van der Waals surface area contributed by atoms with Crippen LogP contribution in [0.2, 0.25) is 0 Å². The van der Waals surface area contributed by atoms with Crippen molar-refractivity contribution >= 4 is 5.91 Å². The van der Waals surface area contributed by atoms with Gasteiger partial charge in [-0.3, -0.25) is 4.79 Å². The Morgan fingerprint density at radius 1 is 1.12 bits per heavy atom. The maximum Gasteiger partial charge on any atom is 0.387 e. The first-order valence-corrected chi connectivity index (χ1v) is 8.09. The summed E-state index contributed by atoms with van der Waals surface area (Å²) in [6.45, 7) is -2.50. The second-order valence-corrected chi connectivity index (χ2v) is 6.08. The number of hydrogen-bond donors (Lipinski definition) is 0. The van der Waals surface area contributed by atoms with Gasteiger partial charge in [0.25, 0.3) is 0 Å². The Balaban J connectivity index is 1.65. The van der Waals surface area contributed by atoms with Gasteiger partial charge in [-0.1, -0.05) is 24.3 Å². The van der Waals surface area contributed by atoms with Crippen LogP contribution >= 0.6 is 0 Å². The molecule has 2 aromatic rings. The third kappa shape index (κ3) is 4.98. The van der Waals surface area contributed by atoms with E-state index in [1.54, 1.807) is 29.2 Å². The molecular weight excluding hydrogens is 331 g/mol. The lowest BCUT2D eigenvalue weighted by molar-refractivity contribution is -0.131. The number of carbonyl (C=O) groups is 1. The summed E-state index contributed by atoms with van der Waals surface area (Å²) >= 11 is 0. The molecule has 0 saturated heterocycles. The molecule has 25 heavy (non-hydrogen) atoms. The quantitative estimate of drug-likeness (QED) is 0.751. The van der Waals surface area contributed by atoms with Crippen molar-refractivity contribution in [3.63, 3.8) is 0 Å². The Morgan fingerprint density at radius 2 is 1.84 bits per heavy atom. The van der Waals surface area contributed by atoms with Gasteiger partial charge in [-0.25, -0.2) is 4.39 Å². The summed E-state index contributed by atoms with van der Waals surface area (Å²) in [5, 5.41) is 0. The maximum atomic E-state index is 13.3. The molecule has 0 aromatic heterocycles. The van der Waals surface area contributed by atoms with Crippen LogP contribution in [0.4, 0.5) is 13.2 Å². The van der Waals surface area contributed by atoms with Gasteiger partial charge < -0.3 is 9.64 Å². The van der Waals surface area contributed by atoms with Crippen LogP contribution in [-0.4, -0.2) is 23.5 Å². The van der Waals surface area contributed by atoms with E-state index in [-0.39, 0.29) is 29.9 Å². The Bertz CT molecular complexity index is 730. The third-order valence-electron chi connectivity index (χ3n) is 4.05. The summed E-state index contributed by atoms with van der Waals surface area (Å²) in [5.41, 5.74) is 1.47. The van der Waals surface area contributed by atoms with Crippen molar-refractivity contribution in [1.29, 1.82) is 0 Å². The number of hydrogen-bond acceptors (Lipinski definition) is 2. The van der Waals surface area contributed by atoms with Gasteiger partial charge in [-0.05, 0) is 48.2 Å². The molecule has 0 spiro atoms. The standard InChI is InChI=1S/C19H18F3NO2/c20-15-3-1-2-14(10-15)12-23(16-6-7-16)18(24)11-13-4-8-17(9-5-13)25-19(21)22/h1-5,8-10,16,19H,6-7,11-12H2. The molecule has 0 unspecified atom stereocenters. The second kappa shape index (κ2) is 7.59. The highest BCUT2D eigenvalue weighted by molar-refractivity contribution is 5.79. The van der Waals surface area contributed by atoms with Crippen molar-refractivity contribution in [3.8, 4) is 5.75 Å². The minimum Gasteiger partial charge on any atom is -0.435 e. The van der Waals surface area contributed by atoms with Crippen molar-refractivity contribution < 1.29 is 22.7 Å².